The number of para-hydroxylation sites is 1. The van der Waals surface area contributed by atoms with Crippen molar-refractivity contribution in [1.82, 2.24) is 5.32 Å². The Bertz CT molecular complexity index is 281. The van der Waals surface area contributed by atoms with Gasteiger partial charge < -0.3 is 10.1 Å². The fourth-order valence-corrected chi connectivity index (χ4v) is 1.61. The molecule has 1 aromatic carbocycles. The molecule has 2 nitrogen and oxygen atoms in total. The van der Waals surface area contributed by atoms with Gasteiger partial charge in [0.25, 0.3) is 0 Å². The maximum Gasteiger partial charge on any atom is 0.124 e. The van der Waals surface area contributed by atoms with Crippen LogP contribution in [-0.4, -0.2) is 13.2 Å². The summed E-state index contributed by atoms with van der Waals surface area (Å²) in [6.45, 7) is 3.89. The molecular formula is C11H15NO. The minimum Gasteiger partial charge on any atom is -0.494 e. The third-order valence-electron chi connectivity index (χ3n) is 2.42. The molecule has 1 heterocycles. The fraction of sp³-hybridized carbons (Fsp3) is 0.455. The SMILES string of the molecule is CCOc1ccccc1C1CCN1. The summed E-state index contributed by atoms with van der Waals surface area (Å²) in [5.41, 5.74) is 1.30. The van der Waals surface area contributed by atoms with Gasteiger partial charge in [-0.05, 0) is 26.0 Å². The molecule has 2 rings (SSSR count). The number of ether oxygens (including phenoxy) is 1. The van der Waals surface area contributed by atoms with Gasteiger partial charge in [0.2, 0.25) is 0 Å². The summed E-state index contributed by atoms with van der Waals surface area (Å²) < 4.78 is 5.55. The van der Waals surface area contributed by atoms with Crippen LogP contribution in [0.15, 0.2) is 24.3 Å². The van der Waals surface area contributed by atoms with E-state index in [0.29, 0.717) is 6.04 Å². The number of hydrogen-bond donors (Lipinski definition) is 1. The van der Waals surface area contributed by atoms with Crippen LogP contribution >= 0.6 is 0 Å². The highest BCUT2D eigenvalue weighted by atomic mass is 16.5. The van der Waals surface area contributed by atoms with Crippen LogP contribution < -0.4 is 10.1 Å². The lowest BCUT2D eigenvalue weighted by molar-refractivity contribution is 0.316. The van der Waals surface area contributed by atoms with Crippen LogP contribution in [0, 0.1) is 0 Å². The molecule has 13 heavy (non-hydrogen) atoms. The van der Waals surface area contributed by atoms with E-state index < -0.39 is 0 Å². The molecule has 1 N–H and O–H groups in total. The quantitative estimate of drug-likeness (QED) is 0.763. The van der Waals surface area contributed by atoms with Crippen molar-refractivity contribution in [3.8, 4) is 5.75 Å². The molecule has 1 fully saturated rings. The van der Waals surface area contributed by atoms with Gasteiger partial charge in [0.05, 0.1) is 6.61 Å². The van der Waals surface area contributed by atoms with E-state index in [1.165, 1.54) is 12.0 Å². The van der Waals surface area contributed by atoms with E-state index in [4.69, 9.17) is 4.74 Å². The van der Waals surface area contributed by atoms with Crippen molar-refractivity contribution in [2.75, 3.05) is 13.2 Å². The van der Waals surface area contributed by atoms with Gasteiger partial charge in [-0.2, -0.15) is 0 Å². The minimum absolute atomic E-state index is 0.516. The van der Waals surface area contributed by atoms with Gasteiger partial charge in [0, 0.05) is 11.6 Å². The van der Waals surface area contributed by atoms with Crippen molar-refractivity contribution in [3.05, 3.63) is 29.8 Å². The smallest absolute Gasteiger partial charge is 0.124 e. The molecule has 0 aromatic heterocycles. The summed E-state index contributed by atoms with van der Waals surface area (Å²) in [6.07, 6.45) is 1.23. The predicted molar refractivity (Wildman–Crippen MR) is 53.0 cm³/mol. The Morgan fingerprint density at radius 3 is 2.85 bits per heavy atom. The van der Waals surface area contributed by atoms with Crippen LogP contribution in [0.2, 0.25) is 0 Å². The van der Waals surface area contributed by atoms with Gasteiger partial charge in [0.1, 0.15) is 5.75 Å². The molecule has 0 spiro atoms. The van der Waals surface area contributed by atoms with E-state index in [1.54, 1.807) is 0 Å². The van der Waals surface area contributed by atoms with Crippen molar-refractivity contribution in [2.24, 2.45) is 0 Å². The van der Waals surface area contributed by atoms with E-state index in [1.807, 2.05) is 19.1 Å². The fourth-order valence-electron chi connectivity index (χ4n) is 1.61. The van der Waals surface area contributed by atoms with Gasteiger partial charge >= 0.3 is 0 Å². The lowest BCUT2D eigenvalue weighted by Crippen LogP contribution is -2.35. The molecule has 2 heteroatoms. The molecule has 1 atom stereocenters. The zero-order valence-corrected chi connectivity index (χ0v) is 7.92. The Balaban J connectivity index is 2.20. The van der Waals surface area contributed by atoms with Crippen molar-refractivity contribution in [3.63, 3.8) is 0 Å². The molecule has 0 amide bonds. The Hall–Kier alpha value is -1.02. The first-order valence-electron chi connectivity index (χ1n) is 4.87. The van der Waals surface area contributed by atoms with Gasteiger partial charge in [-0.15, -0.1) is 0 Å². The van der Waals surface area contributed by atoms with Gasteiger partial charge in [-0.25, -0.2) is 0 Å². The second kappa shape index (κ2) is 3.79. The molecule has 0 aliphatic carbocycles. The Labute approximate surface area is 78.9 Å². The first-order valence-corrected chi connectivity index (χ1v) is 4.87. The van der Waals surface area contributed by atoms with E-state index >= 15 is 0 Å². The monoisotopic (exact) mass is 177 g/mol. The molecule has 1 aliphatic rings. The van der Waals surface area contributed by atoms with Crippen LogP contribution in [0.25, 0.3) is 0 Å². The van der Waals surface area contributed by atoms with Gasteiger partial charge in [-0.3, -0.25) is 0 Å². The molecule has 70 valence electrons. The topological polar surface area (TPSA) is 21.3 Å². The highest BCUT2D eigenvalue weighted by Gasteiger charge is 2.21. The summed E-state index contributed by atoms with van der Waals surface area (Å²) in [5, 5.41) is 3.38. The molecule has 1 unspecified atom stereocenters. The standard InChI is InChI=1S/C11H15NO/c1-2-13-11-6-4-3-5-9(11)10-7-8-12-10/h3-6,10,12H,2,7-8H2,1H3. The average molecular weight is 177 g/mol. The largest absolute Gasteiger partial charge is 0.494 e. The summed E-state index contributed by atoms with van der Waals surface area (Å²) in [4.78, 5) is 0. The Morgan fingerprint density at radius 1 is 1.46 bits per heavy atom. The van der Waals surface area contributed by atoms with E-state index in [2.05, 4.69) is 17.4 Å². The van der Waals surface area contributed by atoms with Crippen molar-refractivity contribution in [2.45, 2.75) is 19.4 Å². The van der Waals surface area contributed by atoms with E-state index in [-0.39, 0.29) is 0 Å². The number of hydrogen-bond acceptors (Lipinski definition) is 2. The average Bonchev–Trinajstić information content (AvgIpc) is 2.05. The maximum absolute atomic E-state index is 5.55. The molecular weight excluding hydrogens is 162 g/mol. The van der Waals surface area contributed by atoms with Gasteiger partial charge in [0.15, 0.2) is 0 Å². The van der Waals surface area contributed by atoms with Crippen LogP contribution in [0.5, 0.6) is 5.75 Å². The summed E-state index contributed by atoms with van der Waals surface area (Å²) >= 11 is 0. The highest BCUT2D eigenvalue weighted by molar-refractivity contribution is 5.36. The molecule has 1 aliphatic heterocycles. The molecule has 0 radical (unpaired) electrons. The molecule has 1 saturated heterocycles. The third kappa shape index (κ3) is 1.68. The van der Waals surface area contributed by atoms with Crippen molar-refractivity contribution >= 4 is 0 Å². The summed E-state index contributed by atoms with van der Waals surface area (Å²) in [5.74, 6) is 1.03. The van der Waals surface area contributed by atoms with Crippen molar-refractivity contribution in [1.29, 1.82) is 0 Å². The summed E-state index contributed by atoms with van der Waals surface area (Å²) in [7, 11) is 0. The summed E-state index contributed by atoms with van der Waals surface area (Å²) in [6, 6.07) is 8.79. The lowest BCUT2D eigenvalue weighted by Gasteiger charge is -2.29. The normalized spacial score (nSPS) is 20.8. The molecule has 0 bridgehead atoms. The van der Waals surface area contributed by atoms with Gasteiger partial charge in [-0.1, -0.05) is 18.2 Å². The zero-order chi connectivity index (χ0) is 9.10. The second-order valence-corrected chi connectivity index (χ2v) is 3.27. The van der Waals surface area contributed by atoms with Crippen LogP contribution in [0.3, 0.4) is 0 Å². The van der Waals surface area contributed by atoms with Crippen LogP contribution in [-0.2, 0) is 0 Å². The Morgan fingerprint density at radius 2 is 2.23 bits per heavy atom. The third-order valence-corrected chi connectivity index (χ3v) is 2.42. The predicted octanol–water partition coefficient (Wildman–Crippen LogP) is 2.12. The molecule has 0 saturated carbocycles. The van der Waals surface area contributed by atoms with Crippen LogP contribution in [0.4, 0.5) is 0 Å². The lowest BCUT2D eigenvalue weighted by atomic mass is 9.97. The second-order valence-electron chi connectivity index (χ2n) is 3.27. The van der Waals surface area contributed by atoms with Crippen molar-refractivity contribution < 1.29 is 4.74 Å². The zero-order valence-electron chi connectivity index (χ0n) is 7.92. The highest BCUT2D eigenvalue weighted by Crippen LogP contribution is 2.30. The molecule has 1 aromatic rings. The maximum atomic E-state index is 5.55. The van der Waals surface area contributed by atoms with E-state index in [9.17, 15) is 0 Å². The van der Waals surface area contributed by atoms with E-state index in [0.717, 1.165) is 18.9 Å². The first-order chi connectivity index (χ1) is 6.42. The number of benzene rings is 1. The number of rotatable bonds is 3. The minimum atomic E-state index is 0.516. The first kappa shape index (κ1) is 8.57. The van der Waals surface area contributed by atoms with Crippen LogP contribution in [0.1, 0.15) is 24.9 Å². The Kier molecular flexibility index (Phi) is 2.50. The number of nitrogens with one attached hydrogen (secondary N) is 1.